The number of allylic oxidation sites excluding steroid dienone is 1. The molecule has 0 heterocycles. The van der Waals surface area contributed by atoms with Crippen molar-refractivity contribution in [2.24, 2.45) is 0 Å². The van der Waals surface area contributed by atoms with Crippen LogP contribution in [0.25, 0.3) is 0 Å². The largest absolute Gasteiger partial charge is 0.466 e. The number of hydrogen-bond acceptors (Lipinski definition) is 6. The molecule has 1 N–H and O–H groups in total. The average Bonchev–Trinajstić information content (AvgIpc) is 2.54. The van der Waals surface area contributed by atoms with E-state index in [2.05, 4.69) is 10.2 Å². The van der Waals surface area contributed by atoms with Crippen LogP contribution < -0.4 is 5.43 Å². The van der Waals surface area contributed by atoms with Crippen molar-refractivity contribution < 1.29 is 28.6 Å². The molecule has 8 nitrogen and oxygen atoms in total. The summed E-state index contributed by atoms with van der Waals surface area (Å²) in [5.74, 6) is -0.371. The van der Waals surface area contributed by atoms with Crippen LogP contribution in [0.3, 0.4) is 0 Å². The van der Waals surface area contributed by atoms with E-state index >= 15 is 0 Å². The summed E-state index contributed by atoms with van der Waals surface area (Å²) in [7, 11) is 0. The van der Waals surface area contributed by atoms with Gasteiger partial charge in [0.1, 0.15) is 13.2 Å². The summed E-state index contributed by atoms with van der Waals surface area (Å²) in [5, 5.41) is 0.764. The van der Waals surface area contributed by atoms with E-state index in [1.54, 1.807) is 12.2 Å². The molecule has 0 saturated carbocycles. The summed E-state index contributed by atoms with van der Waals surface area (Å²) in [4.78, 5) is 34.4. The van der Waals surface area contributed by atoms with Gasteiger partial charge in [0.05, 0.1) is 13.2 Å². The number of unbranched alkanes of at least 4 members (excludes halogenated alkanes) is 1. The number of nitrogens with one attached hydrogen (secondary N) is 1. The molecule has 0 aliphatic carbocycles. The molecular weight excluding hydrogens is 505 g/mol. The molecule has 0 bridgehead atoms. The van der Waals surface area contributed by atoms with Crippen molar-refractivity contribution in [2.45, 2.75) is 27.4 Å². The van der Waals surface area contributed by atoms with E-state index in [1.807, 2.05) is 0 Å². The third-order valence-corrected chi connectivity index (χ3v) is 3.10. The van der Waals surface area contributed by atoms with E-state index in [0.717, 1.165) is 5.01 Å². The van der Waals surface area contributed by atoms with Crippen molar-refractivity contribution in [2.75, 3.05) is 26.4 Å². The van der Waals surface area contributed by atoms with Gasteiger partial charge in [0.2, 0.25) is 7.59 Å². The van der Waals surface area contributed by atoms with E-state index in [9.17, 15) is 14.4 Å². The summed E-state index contributed by atoms with van der Waals surface area (Å²) in [6.45, 7) is 0.367. The Morgan fingerprint density at radius 1 is 0.929 bits per heavy atom. The normalized spacial score (nSPS) is 11.8. The molecule has 0 radical (unpaired) electrons. The predicted molar refractivity (Wildman–Crippen MR) is 108 cm³/mol. The van der Waals surface area contributed by atoms with Crippen LogP contribution in [-0.4, -0.2) is 57.1 Å². The number of hydrogen-bond donors (Lipinski definition) is 1. The van der Waals surface area contributed by atoms with Gasteiger partial charge >= 0.3 is 18.2 Å². The Labute approximate surface area is 192 Å². The third-order valence-electron chi connectivity index (χ3n) is 2.45. The molecule has 0 saturated heterocycles. The highest BCUT2D eigenvalue weighted by molar-refractivity contribution is 6.68. The first kappa shape index (κ1) is 27.5. The maximum Gasteiger partial charge on any atom is 0.429 e. The lowest BCUT2D eigenvalue weighted by Crippen LogP contribution is -2.47. The standard InChI is InChI=1S/C14H18Cl6N2O6/c1-10(23)26-7-5-3-2-4-6-22(12(25)28-9-14(18,19)20)21-11(24)27-8-13(15,16)17/h2,4H,3,5-9H2,1H3,(H,21,24)/b4-2+. The van der Waals surface area contributed by atoms with E-state index < -0.39 is 33.0 Å². The number of esters is 1. The number of hydrazine groups is 1. The Hall–Kier alpha value is -0.510. The highest BCUT2D eigenvalue weighted by Crippen LogP contribution is 2.26. The van der Waals surface area contributed by atoms with Gasteiger partial charge in [-0.05, 0) is 12.8 Å². The summed E-state index contributed by atoms with van der Waals surface area (Å²) in [6.07, 6.45) is 2.31. The fourth-order valence-electron chi connectivity index (χ4n) is 1.39. The number of carbonyl (C=O) groups is 3. The lowest BCUT2D eigenvalue weighted by Gasteiger charge is -2.22. The van der Waals surface area contributed by atoms with Gasteiger partial charge in [-0.25, -0.2) is 20.0 Å². The minimum absolute atomic E-state index is 0.102. The van der Waals surface area contributed by atoms with Crippen molar-refractivity contribution in [3.8, 4) is 0 Å². The maximum absolute atomic E-state index is 12.1. The van der Waals surface area contributed by atoms with Gasteiger partial charge in [0.15, 0.2) is 0 Å². The molecule has 0 atom stereocenters. The van der Waals surface area contributed by atoms with Gasteiger partial charge in [-0.3, -0.25) is 4.79 Å². The second-order valence-electron chi connectivity index (χ2n) is 5.04. The number of rotatable bonds is 8. The van der Waals surface area contributed by atoms with Crippen LogP contribution in [0.2, 0.25) is 0 Å². The van der Waals surface area contributed by atoms with Gasteiger partial charge < -0.3 is 14.2 Å². The highest BCUT2D eigenvalue weighted by atomic mass is 35.6. The van der Waals surface area contributed by atoms with Crippen molar-refractivity contribution >= 4 is 87.8 Å². The summed E-state index contributed by atoms with van der Waals surface area (Å²) >= 11 is 33.0. The van der Waals surface area contributed by atoms with E-state index in [4.69, 9.17) is 79.1 Å². The molecule has 28 heavy (non-hydrogen) atoms. The molecule has 0 unspecified atom stereocenters. The number of halogens is 6. The van der Waals surface area contributed by atoms with Crippen LogP contribution >= 0.6 is 69.6 Å². The molecule has 0 fully saturated rings. The van der Waals surface area contributed by atoms with Gasteiger partial charge in [0.25, 0.3) is 0 Å². The van der Waals surface area contributed by atoms with Crippen LogP contribution in [0.15, 0.2) is 12.2 Å². The first-order chi connectivity index (χ1) is 12.8. The first-order valence-electron chi connectivity index (χ1n) is 7.60. The molecule has 0 aliphatic heterocycles. The lowest BCUT2D eigenvalue weighted by atomic mass is 10.3. The Kier molecular flexibility index (Phi) is 13.4. The Balaban J connectivity index is 4.64. The van der Waals surface area contributed by atoms with Gasteiger partial charge in [0, 0.05) is 6.92 Å². The Bertz CT molecular complexity index is 549. The number of alkyl halides is 6. The minimum Gasteiger partial charge on any atom is -0.466 e. The van der Waals surface area contributed by atoms with E-state index in [0.29, 0.717) is 12.8 Å². The Morgan fingerprint density at radius 3 is 2.04 bits per heavy atom. The Morgan fingerprint density at radius 2 is 1.50 bits per heavy atom. The number of carbonyl (C=O) groups excluding carboxylic acids is 3. The molecule has 2 amide bonds. The van der Waals surface area contributed by atoms with Crippen LogP contribution in [0, 0.1) is 0 Å². The summed E-state index contributed by atoms with van der Waals surface area (Å²) in [5.41, 5.74) is 2.11. The second-order valence-corrected chi connectivity index (χ2v) is 10.1. The SMILES string of the molecule is CC(=O)OCCC/C=C/CN(NC(=O)OCC(Cl)(Cl)Cl)C(=O)OCC(Cl)(Cl)Cl. The van der Waals surface area contributed by atoms with Crippen molar-refractivity contribution in [1.29, 1.82) is 0 Å². The molecule has 0 aliphatic rings. The molecule has 0 aromatic rings. The first-order valence-corrected chi connectivity index (χ1v) is 9.86. The van der Waals surface area contributed by atoms with Crippen LogP contribution in [-0.2, 0) is 19.0 Å². The maximum atomic E-state index is 12.1. The predicted octanol–water partition coefficient (Wildman–Crippen LogP) is 4.71. The molecule has 0 spiro atoms. The highest BCUT2D eigenvalue weighted by Gasteiger charge is 2.26. The van der Waals surface area contributed by atoms with E-state index in [-0.39, 0.29) is 19.1 Å². The zero-order valence-corrected chi connectivity index (χ0v) is 19.1. The van der Waals surface area contributed by atoms with Gasteiger partial charge in [-0.1, -0.05) is 81.8 Å². The summed E-state index contributed by atoms with van der Waals surface area (Å²) in [6, 6.07) is 0. The summed E-state index contributed by atoms with van der Waals surface area (Å²) < 4.78 is 10.6. The topological polar surface area (TPSA) is 94.2 Å². The fourth-order valence-corrected chi connectivity index (χ4v) is 1.72. The number of nitrogens with zero attached hydrogens (tertiary/aromatic N) is 1. The van der Waals surface area contributed by atoms with E-state index in [1.165, 1.54) is 6.92 Å². The minimum atomic E-state index is -1.83. The van der Waals surface area contributed by atoms with Crippen molar-refractivity contribution in [3.63, 3.8) is 0 Å². The van der Waals surface area contributed by atoms with Gasteiger partial charge in [-0.15, -0.1) is 0 Å². The monoisotopic (exact) mass is 520 g/mol. The van der Waals surface area contributed by atoms with Gasteiger partial charge in [-0.2, -0.15) is 0 Å². The quantitative estimate of drug-likeness (QED) is 0.124. The number of ether oxygens (including phenoxy) is 3. The molecular formula is C14H18Cl6N2O6. The number of amides is 2. The molecule has 162 valence electrons. The molecule has 0 aromatic heterocycles. The lowest BCUT2D eigenvalue weighted by molar-refractivity contribution is -0.141. The second kappa shape index (κ2) is 13.7. The zero-order chi connectivity index (χ0) is 21.8. The van der Waals surface area contributed by atoms with Crippen molar-refractivity contribution in [3.05, 3.63) is 12.2 Å². The van der Waals surface area contributed by atoms with Crippen LogP contribution in [0.4, 0.5) is 9.59 Å². The van der Waals surface area contributed by atoms with Crippen LogP contribution in [0.1, 0.15) is 19.8 Å². The zero-order valence-electron chi connectivity index (χ0n) is 14.6. The smallest absolute Gasteiger partial charge is 0.429 e. The fraction of sp³-hybridized carbons (Fsp3) is 0.643. The van der Waals surface area contributed by atoms with Crippen LogP contribution in [0.5, 0.6) is 0 Å². The molecule has 14 heteroatoms. The third kappa shape index (κ3) is 17.6. The molecule has 0 rings (SSSR count). The average molecular weight is 523 g/mol. The molecule has 0 aromatic carbocycles. The van der Waals surface area contributed by atoms with Crippen molar-refractivity contribution in [1.82, 2.24) is 10.4 Å².